The lowest BCUT2D eigenvalue weighted by Crippen LogP contribution is -2.36. The third-order valence-electron chi connectivity index (χ3n) is 2.27. The molecule has 0 bridgehead atoms. The second-order valence-corrected chi connectivity index (χ2v) is 7.15. The van der Waals surface area contributed by atoms with Crippen LogP contribution < -0.4 is 10.1 Å². The van der Waals surface area contributed by atoms with E-state index < -0.39 is 15.2 Å². The molecule has 0 aliphatic heterocycles. The van der Waals surface area contributed by atoms with Gasteiger partial charge < -0.3 is 10.1 Å². The van der Waals surface area contributed by atoms with E-state index in [9.17, 15) is 13.2 Å². The molecule has 1 amide bonds. The van der Waals surface area contributed by atoms with E-state index in [2.05, 4.69) is 5.32 Å². The predicted molar refractivity (Wildman–Crippen MR) is 78.3 cm³/mol. The molecule has 0 fully saturated rings. The number of hydrogen-bond acceptors (Lipinski definition) is 4. The van der Waals surface area contributed by atoms with E-state index in [1.54, 1.807) is 6.92 Å². The molecule has 0 aliphatic carbocycles. The van der Waals surface area contributed by atoms with E-state index in [-0.39, 0.29) is 26.6 Å². The molecular formula is C11H12Cl3NO4S. The van der Waals surface area contributed by atoms with Gasteiger partial charge in [0.1, 0.15) is 10.6 Å². The lowest BCUT2D eigenvalue weighted by molar-refractivity contribution is -0.127. The Morgan fingerprint density at radius 3 is 2.45 bits per heavy atom. The molecule has 0 aromatic heterocycles. The second-order valence-electron chi connectivity index (χ2n) is 3.81. The number of likely N-dealkylation sites (N-methyl/N-ethyl adjacent to an activating group) is 1. The number of benzene rings is 1. The molecule has 112 valence electrons. The standard InChI is InChI=1S/C11H12Cl3NO4S/c1-3-15-11(16)6(2)19-9-4-8(13)10(5-7(9)12)20(14,17)18/h4-6H,3H2,1-2H3,(H,15,16). The Morgan fingerprint density at radius 1 is 1.35 bits per heavy atom. The molecule has 0 spiro atoms. The molecular weight excluding hydrogens is 349 g/mol. The molecule has 1 aromatic rings. The maximum absolute atomic E-state index is 11.5. The molecule has 1 N–H and O–H groups in total. The summed E-state index contributed by atoms with van der Waals surface area (Å²) in [5.41, 5.74) is 0. The molecule has 20 heavy (non-hydrogen) atoms. The summed E-state index contributed by atoms with van der Waals surface area (Å²) >= 11 is 11.7. The van der Waals surface area contributed by atoms with Crippen molar-refractivity contribution in [1.29, 1.82) is 0 Å². The first-order valence-corrected chi connectivity index (χ1v) is 8.61. The maximum atomic E-state index is 11.5. The summed E-state index contributed by atoms with van der Waals surface area (Å²) < 4.78 is 27.8. The van der Waals surface area contributed by atoms with Crippen LogP contribution in [-0.4, -0.2) is 27.0 Å². The van der Waals surface area contributed by atoms with Crippen LogP contribution in [0.3, 0.4) is 0 Å². The molecule has 0 saturated carbocycles. The minimum Gasteiger partial charge on any atom is -0.479 e. The van der Waals surface area contributed by atoms with Gasteiger partial charge in [-0.05, 0) is 19.9 Å². The van der Waals surface area contributed by atoms with Gasteiger partial charge in [-0.1, -0.05) is 23.2 Å². The quantitative estimate of drug-likeness (QED) is 0.820. The first-order chi connectivity index (χ1) is 9.16. The van der Waals surface area contributed by atoms with Gasteiger partial charge >= 0.3 is 0 Å². The average molecular weight is 361 g/mol. The van der Waals surface area contributed by atoms with Gasteiger partial charge in [-0.15, -0.1) is 0 Å². The van der Waals surface area contributed by atoms with Crippen molar-refractivity contribution in [2.45, 2.75) is 24.8 Å². The monoisotopic (exact) mass is 359 g/mol. The average Bonchev–Trinajstić information content (AvgIpc) is 2.32. The zero-order valence-corrected chi connectivity index (χ0v) is 13.7. The summed E-state index contributed by atoms with van der Waals surface area (Å²) in [5, 5.41) is 2.43. The van der Waals surface area contributed by atoms with Crippen LogP contribution in [0.25, 0.3) is 0 Å². The van der Waals surface area contributed by atoms with Crippen molar-refractivity contribution in [3.8, 4) is 5.75 Å². The number of halogens is 3. The second kappa shape index (κ2) is 6.85. The Kier molecular flexibility index (Phi) is 5.94. The molecule has 1 aromatic carbocycles. The van der Waals surface area contributed by atoms with E-state index in [0.717, 1.165) is 6.07 Å². The minimum atomic E-state index is -4.01. The number of carbonyl (C=O) groups is 1. The van der Waals surface area contributed by atoms with Gasteiger partial charge in [0.2, 0.25) is 0 Å². The van der Waals surface area contributed by atoms with Gasteiger partial charge in [0, 0.05) is 23.3 Å². The fraction of sp³-hybridized carbons (Fsp3) is 0.364. The number of carbonyl (C=O) groups excluding carboxylic acids is 1. The topological polar surface area (TPSA) is 72.5 Å². The van der Waals surface area contributed by atoms with Gasteiger partial charge in [-0.3, -0.25) is 4.79 Å². The van der Waals surface area contributed by atoms with Crippen molar-refractivity contribution in [1.82, 2.24) is 5.32 Å². The molecule has 5 nitrogen and oxygen atoms in total. The Morgan fingerprint density at radius 2 is 1.95 bits per heavy atom. The molecule has 9 heteroatoms. The van der Waals surface area contributed by atoms with E-state index in [4.69, 9.17) is 38.6 Å². The predicted octanol–water partition coefficient (Wildman–Crippen LogP) is 2.82. The maximum Gasteiger partial charge on any atom is 0.262 e. The number of amides is 1. The highest BCUT2D eigenvalue weighted by Gasteiger charge is 2.21. The summed E-state index contributed by atoms with van der Waals surface area (Å²) in [4.78, 5) is 11.2. The zero-order valence-electron chi connectivity index (χ0n) is 10.6. The van der Waals surface area contributed by atoms with Crippen molar-refractivity contribution in [2.24, 2.45) is 0 Å². The highest BCUT2D eigenvalue weighted by Crippen LogP contribution is 2.35. The fourth-order valence-electron chi connectivity index (χ4n) is 1.35. The highest BCUT2D eigenvalue weighted by molar-refractivity contribution is 8.13. The van der Waals surface area contributed by atoms with Crippen LogP contribution in [0.2, 0.25) is 10.0 Å². The van der Waals surface area contributed by atoms with Crippen molar-refractivity contribution < 1.29 is 17.9 Å². The molecule has 1 unspecified atom stereocenters. The van der Waals surface area contributed by atoms with Crippen LogP contribution in [-0.2, 0) is 13.8 Å². The van der Waals surface area contributed by atoms with Gasteiger partial charge in [0.05, 0.1) is 10.0 Å². The highest BCUT2D eigenvalue weighted by atomic mass is 35.7. The number of hydrogen-bond donors (Lipinski definition) is 1. The largest absolute Gasteiger partial charge is 0.479 e. The Labute approximate surface area is 131 Å². The van der Waals surface area contributed by atoms with E-state index in [1.807, 2.05) is 0 Å². The number of rotatable bonds is 5. The molecule has 0 radical (unpaired) electrons. The minimum absolute atomic E-state index is 0.00947. The van der Waals surface area contributed by atoms with Crippen LogP contribution in [0, 0.1) is 0 Å². The first kappa shape index (κ1) is 17.4. The normalized spacial score (nSPS) is 12.8. The van der Waals surface area contributed by atoms with Crippen LogP contribution in [0.1, 0.15) is 13.8 Å². The molecule has 1 rings (SSSR count). The smallest absolute Gasteiger partial charge is 0.262 e. The van der Waals surface area contributed by atoms with Crippen molar-refractivity contribution in [3.05, 3.63) is 22.2 Å². The van der Waals surface area contributed by atoms with Gasteiger partial charge in [0.25, 0.3) is 15.0 Å². The summed E-state index contributed by atoms with van der Waals surface area (Å²) in [5.74, 6) is -0.229. The van der Waals surface area contributed by atoms with E-state index in [1.165, 1.54) is 13.0 Å². The lowest BCUT2D eigenvalue weighted by atomic mass is 10.3. The summed E-state index contributed by atoms with van der Waals surface area (Å²) in [6.45, 7) is 3.76. The Balaban J connectivity index is 3.05. The van der Waals surface area contributed by atoms with Crippen LogP contribution >= 0.6 is 33.9 Å². The zero-order chi connectivity index (χ0) is 15.5. The van der Waals surface area contributed by atoms with Crippen LogP contribution in [0.15, 0.2) is 17.0 Å². The van der Waals surface area contributed by atoms with Crippen LogP contribution in [0.4, 0.5) is 0 Å². The Hall–Kier alpha value is -0.690. The summed E-state index contributed by atoms with van der Waals surface area (Å²) in [6, 6.07) is 2.28. The van der Waals surface area contributed by atoms with Crippen LogP contribution in [0.5, 0.6) is 5.75 Å². The SMILES string of the molecule is CCNC(=O)C(C)Oc1cc(Cl)c(S(=O)(=O)Cl)cc1Cl. The lowest BCUT2D eigenvalue weighted by Gasteiger charge is -2.16. The third kappa shape index (κ3) is 4.41. The molecule has 0 saturated heterocycles. The number of nitrogens with one attached hydrogen (secondary N) is 1. The van der Waals surface area contributed by atoms with Gasteiger partial charge in [-0.25, -0.2) is 8.42 Å². The fourth-order valence-corrected chi connectivity index (χ4v) is 3.13. The first-order valence-electron chi connectivity index (χ1n) is 5.55. The molecule has 0 heterocycles. The van der Waals surface area contributed by atoms with E-state index >= 15 is 0 Å². The van der Waals surface area contributed by atoms with Gasteiger partial charge in [-0.2, -0.15) is 0 Å². The summed E-state index contributed by atoms with van der Waals surface area (Å²) in [7, 11) is 1.20. The van der Waals surface area contributed by atoms with Crippen molar-refractivity contribution in [2.75, 3.05) is 6.54 Å². The van der Waals surface area contributed by atoms with Crippen molar-refractivity contribution in [3.63, 3.8) is 0 Å². The van der Waals surface area contributed by atoms with Crippen molar-refractivity contribution >= 4 is 48.8 Å². The molecule has 1 atom stereocenters. The third-order valence-corrected chi connectivity index (χ3v) is 4.36. The van der Waals surface area contributed by atoms with Gasteiger partial charge in [0.15, 0.2) is 6.10 Å². The number of ether oxygens (including phenoxy) is 1. The van der Waals surface area contributed by atoms with E-state index in [0.29, 0.717) is 6.54 Å². The summed E-state index contributed by atoms with van der Waals surface area (Å²) in [6.07, 6.45) is -0.804. The Bertz CT molecular complexity index is 618. The molecule has 0 aliphatic rings.